The molecule has 0 aromatic heterocycles. The van der Waals surface area contributed by atoms with Gasteiger partial charge in [-0.15, -0.1) is 0 Å². The van der Waals surface area contributed by atoms with E-state index >= 15 is 0 Å². The molecular formula is C16H32N2. The van der Waals surface area contributed by atoms with Crippen LogP contribution >= 0.6 is 0 Å². The van der Waals surface area contributed by atoms with Crippen molar-refractivity contribution in [3.63, 3.8) is 0 Å². The first-order valence-corrected chi connectivity index (χ1v) is 7.71. The van der Waals surface area contributed by atoms with Crippen LogP contribution in [0.25, 0.3) is 0 Å². The van der Waals surface area contributed by atoms with Gasteiger partial charge < -0.3 is 10.2 Å². The lowest BCUT2D eigenvalue weighted by atomic mass is 9.92. The van der Waals surface area contributed by atoms with E-state index in [2.05, 4.69) is 50.3 Å². The van der Waals surface area contributed by atoms with Crippen LogP contribution in [0.2, 0.25) is 0 Å². The summed E-state index contributed by atoms with van der Waals surface area (Å²) >= 11 is 0. The SMILES string of the molecule is CCC(CC)C(CNCC1CC=CCC1)N(C)C. The van der Waals surface area contributed by atoms with E-state index in [0.717, 1.165) is 18.4 Å². The maximum Gasteiger partial charge on any atom is 0.0242 e. The third kappa shape index (κ3) is 5.11. The van der Waals surface area contributed by atoms with Crippen LogP contribution < -0.4 is 5.32 Å². The third-order valence-corrected chi connectivity index (χ3v) is 4.42. The molecule has 2 atom stereocenters. The Labute approximate surface area is 114 Å². The summed E-state index contributed by atoms with van der Waals surface area (Å²) in [4.78, 5) is 2.39. The maximum atomic E-state index is 3.71. The Morgan fingerprint density at radius 3 is 2.44 bits per heavy atom. The average Bonchev–Trinajstić information content (AvgIpc) is 2.39. The molecule has 0 aliphatic heterocycles. The Morgan fingerprint density at radius 1 is 1.22 bits per heavy atom. The second kappa shape index (κ2) is 8.71. The maximum absolute atomic E-state index is 3.71. The zero-order chi connectivity index (χ0) is 13.4. The van der Waals surface area contributed by atoms with Gasteiger partial charge in [-0.2, -0.15) is 0 Å². The van der Waals surface area contributed by atoms with Crippen LogP contribution in [0.1, 0.15) is 46.0 Å². The largest absolute Gasteiger partial charge is 0.315 e. The van der Waals surface area contributed by atoms with Crippen LogP contribution in [-0.2, 0) is 0 Å². The van der Waals surface area contributed by atoms with E-state index in [1.54, 1.807) is 0 Å². The molecule has 1 rings (SSSR count). The topological polar surface area (TPSA) is 15.3 Å². The third-order valence-electron chi connectivity index (χ3n) is 4.42. The summed E-state index contributed by atoms with van der Waals surface area (Å²) in [5.41, 5.74) is 0. The number of hydrogen-bond donors (Lipinski definition) is 1. The van der Waals surface area contributed by atoms with Gasteiger partial charge in [0.25, 0.3) is 0 Å². The summed E-state index contributed by atoms with van der Waals surface area (Å²) in [6.07, 6.45) is 11.1. The fraction of sp³-hybridized carbons (Fsp3) is 0.875. The first kappa shape index (κ1) is 15.7. The van der Waals surface area contributed by atoms with Crippen LogP contribution in [0.4, 0.5) is 0 Å². The molecule has 18 heavy (non-hydrogen) atoms. The summed E-state index contributed by atoms with van der Waals surface area (Å²) < 4.78 is 0. The molecule has 0 aromatic rings. The van der Waals surface area contributed by atoms with Gasteiger partial charge in [0.2, 0.25) is 0 Å². The molecule has 0 aromatic carbocycles. The smallest absolute Gasteiger partial charge is 0.0242 e. The Bertz CT molecular complexity index is 231. The van der Waals surface area contributed by atoms with Crippen molar-refractivity contribution in [1.29, 1.82) is 0 Å². The summed E-state index contributed by atoms with van der Waals surface area (Å²) in [6, 6.07) is 0.680. The average molecular weight is 252 g/mol. The van der Waals surface area contributed by atoms with E-state index in [4.69, 9.17) is 0 Å². The van der Waals surface area contributed by atoms with Crippen molar-refractivity contribution in [3.8, 4) is 0 Å². The van der Waals surface area contributed by atoms with Crippen molar-refractivity contribution in [3.05, 3.63) is 12.2 Å². The summed E-state index contributed by atoms with van der Waals surface area (Å²) in [5, 5.41) is 3.71. The van der Waals surface area contributed by atoms with E-state index in [0.29, 0.717) is 6.04 Å². The highest BCUT2D eigenvalue weighted by Gasteiger charge is 2.20. The predicted molar refractivity (Wildman–Crippen MR) is 80.9 cm³/mol. The monoisotopic (exact) mass is 252 g/mol. The van der Waals surface area contributed by atoms with Gasteiger partial charge in [0.15, 0.2) is 0 Å². The minimum absolute atomic E-state index is 0.680. The Balaban J connectivity index is 2.30. The lowest BCUT2D eigenvalue weighted by Crippen LogP contribution is -2.44. The highest BCUT2D eigenvalue weighted by atomic mass is 15.1. The molecule has 0 amide bonds. The zero-order valence-electron chi connectivity index (χ0n) is 12.8. The number of allylic oxidation sites excluding steroid dienone is 2. The number of nitrogens with one attached hydrogen (secondary N) is 1. The van der Waals surface area contributed by atoms with Crippen molar-refractivity contribution in [2.45, 2.75) is 52.0 Å². The second-order valence-electron chi connectivity index (χ2n) is 5.92. The van der Waals surface area contributed by atoms with Gasteiger partial charge in [-0.3, -0.25) is 0 Å². The molecule has 1 aliphatic carbocycles. The molecule has 2 heteroatoms. The van der Waals surface area contributed by atoms with Gasteiger partial charge in [0.1, 0.15) is 0 Å². The molecule has 0 fully saturated rings. The number of nitrogens with zero attached hydrogens (tertiary/aromatic N) is 1. The number of likely N-dealkylation sites (N-methyl/N-ethyl adjacent to an activating group) is 1. The standard InChI is InChI=1S/C16H32N2/c1-5-15(6-2)16(18(3)4)13-17-12-14-10-8-7-9-11-14/h7-8,14-17H,5-6,9-13H2,1-4H3. The molecule has 0 heterocycles. The van der Waals surface area contributed by atoms with Crippen LogP contribution in [0.5, 0.6) is 0 Å². The van der Waals surface area contributed by atoms with Crippen molar-refractivity contribution < 1.29 is 0 Å². The van der Waals surface area contributed by atoms with Crippen LogP contribution in [0, 0.1) is 11.8 Å². The summed E-state index contributed by atoms with van der Waals surface area (Å²) in [7, 11) is 4.43. The van der Waals surface area contributed by atoms with Crippen molar-refractivity contribution in [2.75, 3.05) is 27.2 Å². The molecule has 1 N–H and O–H groups in total. The van der Waals surface area contributed by atoms with Gasteiger partial charge in [0, 0.05) is 12.6 Å². The quantitative estimate of drug-likeness (QED) is 0.667. The van der Waals surface area contributed by atoms with Crippen molar-refractivity contribution in [2.24, 2.45) is 11.8 Å². The lowest BCUT2D eigenvalue weighted by Gasteiger charge is -2.32. The highest BCUT2D eigenvalue weighted by Crippen LogP contribution is 2.18. The highest BCUT2D eigenvalue weighted by molar-refractivity contribution is 4.90. The molecule has 2 nitrogen and oxygen atoms in total. The van der Waals surface area contributed by atoms with Gasteiger partial charge in [0.05, 0.1) is 0 Å². The summed E-state index contributed by atoms with van der Waals surface area (Å²) in [6.45, 7) is 6.96. The van der Waals surface area contributed by atoms with Crippen LogP contribution in [-0.4, -0.2) is 38.1 Å². The predicted octanol–water partition coefficient (Wildman–Crippen LogP) is 3.30. The van der Waals surface area contributed by atoms with Crippen LogP contribution in [0.3, 0.4) is 0 Å². The molecular weight excluding hydrogens is 220 g/mol. The summed E-state index contributed by atoms with van der Waals surface area (Å²) in [5.74, 6) is 1.68. The van der Waals surface area contributed by atoms with Crippen LogP contribution in [0.15, 0.2) is 12.2 Å². The molecule has 106 valence electrons. The molecule has 1 aliphatic rings. The molecule has 0 saturated heterocycles. The normalized spacial score (nSPS) is 21.8. The first-order chi connectivity index (χ1) is 8.69. The van der Waals surface area contributed by atoms with Gasteiger partial charge >= 0.3 is 0 Å². The Hall–Kier alpha value is -0.340. The van der Waals surface area contributed by atoms with E-state index in [9.17, 15) is 0 Å². The van der Waals surface area contributed by atoms with E-state index in [1.165, 1.54) is 38.6 Å². The molecule has 2 unspecified atom stereocenters. The van der Waals surface area contributed by atoms with Crippen molar-refractivity contribution in [1.82, 2.24) is 10.2 Å². The minimum atomic E-state index is 0.680. The van der Waals surface area contributed by atoms with Crippen molar-refractivity contribution >= 4 is 0 Å². The molecule has 0 spiro atoms. The van der Waals surface area contributed by atoms with E-state index in [-0.39, 0.29) is 0 Å². The number of rotatable bonds is 8. The minimum Gasteiger partial charge on any atom is -0.315 e. The van der Waals surface area contributed by atoms with Gasteiger partial charge in [-0.05, 0) is 51.7 Å². The van der Waals surface area contributed by atoms with E-state index in [1.807, 2.05) is 0 Å². The second-order valence-corrected chi connectivity index (χ2v) is 5.92. The van der Waals surface area contributed by atoms with Gasteiger partial charge in [-0.1, -0.05) is 38.8 Å². The fourth-order valence-electron chi connectivity index (χ4n) is 3.08. The Kier molecular flexibility index (Phi) is 7.60. The molecule has 0 bridgehead atoms. The fourth-order valence-corrected chi connectivity index (χ4v) is 3.08. The molecule has 0 radical (unpaired) electrons. The lowest BCUT2D eigenvalue weighted by molar-refractivity contribution is 0.191. The Morgan fingerprint density at radius 2 is 1.94 bits per heavy atom. The molecule has 0 saturated carbocycles. The number of hydrogen-bond acceptors (Lipinski definition) is 2. The van der Waals surface area contributed by atoms with Gasteiger partial charge in [-0.25, -0.2) is 0 Å². The zero-order valence-corrected chi connectivity index (χ0v) is 12.8. The first-order valence-electron chi connectivity index (χ1n) is 7.71. The van der Waals surface area contributed by atoms with E-state index < -0.39 is 0 Å².